The lowest BCUT2D eigenvalue weighted by molar-refractivity contribution is -0.137. The van der Waals surface area contributed by atoms with Crippen molar-refractivity contribution in [2.75, 3.05) is 6.61 Å². The number of rotatable bonds is 5. The highest BCUT2D eigenvalue weighted by atomic mass is 35.5. The molecule has 146 valence electrons. The van der Waals surface area contributed by atoms with Gasteiger partial charge in [0, 0.05) is 12.3 Å². The van der Waals surface area contributed by atoms with Gasteiger partial charge >= 0.3 is 5.97 Å². The number of aliphatic imine (C=N–C) groups is 1. The van der Waals surface area contributed by atoms with Crippen LogP contribution in [0, 0.1) is 5.82 Å². The number of halogens is 3. The number of nitrogens with two attached hydrogens (primary N) is 1. The number of aliphatic hydroxyl groups excluding tert-OH is 1. The standard InChI is InChI=1S/C14H15Cl2FN2O3.C3H9N/c1-4-22-14(21)9(6-18-7(2)3)11(20)8-5-10(17)13(16)19-12(8)15;1-3(2)4/h5-7,20H,4H2,1-3H3;3H,4H2,1-2H3. The van der Waals surface area contributed by atoms with Gasteiger partial charge < -0.3 is 15.6 Å². The maximum Gasteiger partial charge on any atom is 0.343 e. The number of esters is 1. The summed E-state index contributed by atoms with van der Waals surface area (Å²) in [6, 6.07) is 1.10. The maximum absolute atomic E-state index is 13.5. The summed E-state index contributed by atoms with van der Waals surface area (Å²) in [5.74, 6) is -2.27. The summed E-state index contributed by atoms with van der Waals surface area (Å²) in [5.41, 5.74) is 4.68. The van der Waals surface area contributed by atoms with Crippen molar-refractivity contribution in [3.63, 3.8) is 0 Å². The topological polar surface area (TPSA) is 97.8 Å². The molecule has 1 heterocycles. The van der Waals surface area contributed by atoms with Crippen LogP contribution in [0.25, 0.3) is 5.76 Å². The molecule has 0 fully saturated rings. The first-order valence-electron chi connectivity index (χ1n) is 7.92. The zero-order chi connectivity index (χ0) is 20.4. The van der Waals surface area contributed by atoms with E-state index >= 15 is 0 Å². The molecule has 26 heavy (non-hydrogen) atoms. The fraction of sp³-hybridized carbons (Fsp3) is 0.471. The lowest BCUT2D eigenvalue weighted by atomic mass is 10.1. The van der Waals surface area contributed by atoms with E-state index in [1.165, 1.54) is 0 Å². The molecule has 0 saturated heterocycles. The molecular weight excluding hydrogens is 384 g/mol. The summed E-state index contributed by atoms with van der Waals surface area (Å²) < 4.78 is 18.4. The first kappa shape index (κ1) is 24.3. The van der Waals surface area contributed by atoms with Crippen LogP contribution in [0.5, 0.6) is 0 Å². The van der Waals surface area contributed by atoms with E-state index in [1.54, 1.807) is 20.8 Å². The molecule has 1 aromatic heterocycles. The van der Waals surface area contributed by atoms with E-state index in [-0.39, 0.29) is 28.9 Å². The second-order valence-corrected chi connectivity index (χ2v) is 6.41. The first-order chi connectivity index (χ1) is 12.0. The van der Waals surface area contributed by atoms with E-state index in [9.17, 15) is 14.3 Å². The number of carbonyl (C=O) groups excluding carboxylic acids is 1. The summed E-state index contributed by atoms with van der Waals surface area (Å²) in [6.07, 6.45) is 1.15. The van der Waals surface area contributed by atoms with Crippen LogP contribution in [-0.2, 0) is 9.53 Å². The van der Waals surface area contributed by atoms with Gasteiger partial charge in [-0.05, 0) is 32.9 Å². The highest BCUT2D eigenvalue weighted by Crippen LogP contribution is 2.27. The van der Waals surface area contributed by atoms with Crippen LogP contribution in [0.15, 0.2) is 16.6 Å². The van der Waals surface area contributed by atoms with Crippen LogP contribution < -0.4 is 5.73 Å². The molecule has 0 unspecified atom stereocenters. The second kappa shape index (κ2) is 11.8. The van der Waals surface area contributed by atoms with Gasteiger partial charge in [0.15, 0.2) is 11.0 Å². The van der Waals surface area contributed by atoms with E-state index in [4.69, 9.17) is 33.7 Å². The SMILES string of the molecule is CC(C)N.CCOC(=O)C(C=NC(C)C)=C(O)c1cc(F)c(Cl)nc1Cl. The molecule has 0 saturated carbocycles. The Balaban J connectivity index is 0.00000141. The van der Waals surface area contributed by atoms with Crippen molar-refractivity contribution in [2.45, 2.75) is 46.7 Å². The average molecular weight is 408 g/mol. The molecular formula is C17H24Cl2FN3O3. The fourth-order valence-corrected chi connectivity index (χ4v) is 1.81. The number of aliphatic hydroxyl groups is 1. The average Bonchev–Trinajstić information content (AvgIpc) is 2.50. The van der Waals surface area contributed by atoms with Crippen LogP contribution in [-0.4, -0.2) is 41.0 Å². The van der Waals surface area contributed by atoms with Crippen molar-refractivity contribution in [1.82, 2.24) is 4.98 Å². The quantitative estimate of drug-likeness (QED) is 0.250. The van der Waals surface area contributed by atoms with E-state index in [1.807, 2.05) is 13.8 Å². The van der Waals surface area contributed by atoms with Crippen molar-refractivity contribution in [3.8, 4) is 0 Å². The van der Waals surface area contributed by atoms with Gasteiger partial charge in [0.1, 0.15) is 16.5 Å². The van der Waals surface area contributed by atoms with E-state index in [2.05, 4.69) is 9.98 Å². The normalized spacial score (nSPS) is 12.1. The Kier molecular flexibility index (Phi) is 11.1. The number of aromatic nitrogens is 1. The molecule has 1 aromatic rings. The highest BCUT2D eigenvalue weighted by molar-refractivity contribution is 6.34. The van der Waals surface area contributed by atoms with Crippen LogP contribution in [0.4, 0.5) is 4.39 Å². The van der Waals surface area contributed by atoms with E-state index in [0.717, 1.165) is 12.3 Å². The van der Waals surface area contributed by atoms with E-state index < -0.39 is 22.7 Å². The zero-order valence-electron chi connectivity index (χ0n) is 15.4. The summed E-state index contributed by atoms with van der Waals surface area (Å²) in [6.45, 7) is 9.17. The Bertz CT molecular complexity index is 675. The molecule has 0 radical (unpaired) electrons. The lowest BCUT2D eigenvalue weighted by Gasteiger charge is -2.09. The van der Waals surface area contributed by atoms with Crippen LogP contribution in [0.1, 0.15) is 40.2 Å². The number of hydrogen-bond donors (Lipinski definition) is 2. The monoisotopic (exact) mass is 407 g/mol. The molecule has 3 N–H and O–H groups in total. The summed E-state index contributed by atoms with van der Waals surface area (Å²) in [5, 5.41) is 9.56. The molecule has 0 aliphatic rings. The number of pyridine rings is 1. The smallest absolute Gasteiger partial charge is 0.343 e. The summed E-state index contributed by atoms with van der Waals surface area (Å²) in [7, 11) is 0. The Hall–Kier alpha value is -1.70. The molecule has 0 aliphatic carbocycles. The number of carbonyl (C=O) groups is 1. The zero-order valence-corrected chi connectivity index (χ0v) is 16.9. The minimum atomic E-state index is -0.878. The number of ether oxygens (including phenoxy) is 1. The molecule has 9 heteroatoms. The predicted octanol–water partition coefficient (Wildman–Crippen LogP) is 4.19. The molecule has 1 rings (SSSR count). The van der Waals surface area contributed by atoms with Gasteiger partial charge in [-0.15, -0.1) is 0 Å². The van der Waals surface area contributed by atoms with Crippen molar-refractivity contribution in [2.24, 2.45) is 10.7 Å². The summed E-state index contributed by atoms with van der Waals surface area (Å²) >= 11 is 11.3. The van der Waals surface area contributed by atoms with Crippen molar-refractivity contribution >= 4 is 41.1 Å². The molecule has 0 atom stereocenters. The third-order valence-electron chi connectivity index (χ3n) is 2.39. The molecule has 0 aromatic carbocycles. The van der Waals surface area contributed by atoms with Crippen LogP contribution >= 0.6 is 23.2 Å². The third-order valence-corrected chi connectivity index (χ3v) is 2.95. The fourth-order valence-electron chi connectivity index (χ4n) is 1.40. The predicted molar refractivity (Wildman–Crippen MR) is 103 cm³/mol. The first-order valence-corrected chi connectivity index (χ1v) is 8.67. The largest absolute Gasteiger partial charge is 0.506 e. The highest BCUT2D eigenvalue weighted by Gasteiger charge is 2.20. The Labute approximate surface area is 162 Å². The van der Waals surface area contributed by atoms with Gasteiger partial charge in [-0.3, -0.25) is 4.99 Å². The maximum atomic E-state index is 13.5. The van der Waals surface area contributed by atoms with Crippen molar-refractivity contribution in [3.05, 3.63) is 33.3 Å². The molecule has 0 spiro atoms. The van der Waals surface area contributed by atoms with Gasteiger partial charge in [-0.25, -0.2) is 14.2 Å². The minimum absolute atomic E-state index is 0.103. The minimum Gasteiger partial charge on any atom is -0.506 e. The summed E-state index contributed by atoms with van der Waals surface area (Å²) in [4.78, 5) is 19.5. The van der Waals surface area contributed by atoms with Crippen molar-refractivity contribution in [1.29, 1.82) is 0 Å². The third kappa shape index (κ3) is 8.60. The van der Waals surface area contributed by atoms with Gasteiger partial charge in [0.05, 0.1) is 12.2 Å². The second-order valence-electron chi connectivity index (χ2n) is 5.70. The Morgan fingerprint density at radius 2 is 1.92 bits per heavy atom. The van der Waals surface area contributed by atoms with Gasteiger partial charge in [-0.1, -0.05) is 37.0 Å². The van der Waals surface area contributed by atoms with Gasteiger partial charge in [0.25, 0.3) is 0 Å². The Morgan fingerprint density at radius 1 is 1.38 bits per heavy atom. The number of nitrogens with zero attached hydrogens (tertiary/aromatic N) is 2. The van der Waals surface area contributed by atoms with Crippen LogP contribution in [0.3, 0.4) is 0 Å². The lowest BCUT2D eigenvalue weighted by Crippen LogP contribution is -2.12. The number of hydrogen-bond acceptors (Lipinski definition) is 6. The molecule has 0 aliphatic heterocycles. The van der Waals surface area contributed by atoms with Gasteiger partial charge in [-0.2, -0.15) is 0 Å². The molecule has 0 amide bonds. The van der Waals surface area contributed by atoms with Crippen LogP contribution in [0.2, 0.25) is 10.3 Å². The Morgan fingerprint density at radius 3 is 2.38 bits per heavy atom. The molecule has 6 nitrogen and oxygen atoms in total. The molecule has 0 bridgehead atoms. The van der Waals surface area contributed by atoms with Crippen molar-refractivity contribution < 1.29 is 19.0 Å². The van der Waals surface area contributed by atoms with Gasteiger partial charge in [0.2, 0.25) is 0 Å². The van der Waals surface area contributed by atoms with E-state index in [0.29, 0.717) is 6.04 Å².